The van der Waals surface area contributed by atoms with Crippen molar-refractivity contribution in [2.45, 2.75) is 0 Å². The monoisotopic (exact) mass is 128 g/mol. The van der Waals surface area contributed by atoms with E-state index >= 15 is 0 Å². The summed E-state index contributed by atoms with van der Waals surface area (Å²) in [4.78, 5) is 0. The van der Waals surface area contributed by atoms with E-state index in [1.807, 2.05) is 0 Å². The molecule has 0 aliphatic rings. The van der Waals surface area contributed by atoms with Crippen LogP contribution in [-0.4, -0.2) is 23.5 Å². The molecule has 0 aliphatic heterocycles. The Morgan fingerprint density at radius 2 is 2.00 bits per heavy atom. The van der Waals surface area contributed by atoms with Crippen molar-refractivity contribution < 1.29 is 5.21 Å². The Labute approximate surface area is 52.2 Å². The summed E-state index contributed by atoms with van der Waals surface area (Å²) in [5.74, 6) is -0.810. The summed E-state index contributed by atoms with van der Waals surface area (Å²) in [5, 5.41) is 23.9. The molecule has 0 aromatic rings. The first-order valence-electron chi connectivity index (χ1n) is 2.24. The summed E-state index contributed by atoms with van der Waals surface area (Å²) in [7, 11) is 0. The summed E-state index contributed by atoms with van der Waals surface area (Å²) in [6.07, 6.45) is 1.84. The lowest BCUT2D eigenvalue weighted by molar-refractivity contribution is 0.317. The molecule has 50 valence electrons. The van der Waals surface area contributed by atoms with E-state index < -0.39 is 5.92 Å². The Bertz CT molecular complexity index is 134. The van der Waals surface area contributed by atoms with Crippen molar-refractivity contribution in [1.29, 1.82) is 10.8 Å². The predicted octanol–water partition coefficient (Wildman–Crippen LogP) is -0.352. The first-order chi connectivity index (χ1) is 4.26. The van der Waals surface area contributed by atoms with Crippen LogP contribution in [0.3, 0.4) is 0 Å². The second-order valence-electron chi connectivity index (χ2n) is 1.38. The maximum absolute atomic E-state index is 8.02. The van der Waals surface area contributed by atoms with Crippen LogP contribution in [0.1, 0.15) is 0 Å². The zero-order valence-corrected chi connectivity index (χ0v) is 4.70. The van der Waals surface area contributed by atoms with Gasteiger partial charge in [0, 0.05) is 12.4 Å². The van der Waals surface area contributed by atoms with Crippen LogP contribution in [0.5, 0.6) is 0 Å². The van der Waals surface area contributed by atoms with Gasteiger partial charge in [-0.2, -0.15) is 0 Å². The van der Waals surface area contributed by atoms with Gasteiger partial charge in [-0.15, -0.1) is 0 Å². The molecule has 0 heterocycles. The molecule has 0 atom stereocenters. The van der Waals surface area contributed by atoms with Gasteiger partial charge < -0.3 is 21.8 Å². The van der Waals surface area contributed by atoms with Gasteiger partial charge in [0.05, 0.1) is 5.92 Å². The van der Waals surface area contributed by atoms with Crippen LogP contribution in [0.15, 0.2) is 5.16 Å². The predicted molar refractivity (Wildman–Crippen MR) is 34.5 cm³/mol. The van der Waals surface area contributed by atoms with E-state index in [9.17, 15) is 0 Å². The van der Waals surface area contributed by atoms with Crippen molar-refractivity contribution in [3.63, 3.8) is 0 Å². The fourth-order valence-electron chi connectivity index (χ4n) is 0.286. The van der Waals surface area contributed by atoms with Crippen molar-refractivity contribution >= 4 is 18.3 Å². The summed E-state index contributed by atoms with van der Waals surface area (Å²) in [6, 6.07) is 0. The molecule has 9 heavy (non-hydrogen) atoms. The molecule has 0 amide bonds. The molecule has 0 spiro atoms. The van der Waals surface area contributed by atoms with Gasteiger partial charge in [0.1, 0.15) is 0 Å². The number of rotatable bonds is 3. The van der Waals surface area contributed by atoms with Gasteiger partial charge in [-0.25, -0.2) is 0 Å². The van der Waals surface area contributed by atoms with E-state index in [0.29, 0.717) is 0 Å². The van der Waals surface area contributed by atoms with Crippen LogP contribution in [0, 0.1) is 16.7 Å². The summed E-state index contributed by atoms with van der Waals surface area (Å²) < 4.78 is 0. The fourth-order valence-corrected chi connectivity index (χ4v) is 0.286. The quantitative estimate of drug-likeness (QED) is 0.180. The molecule has 5 nitrogen and oxygen atoms in total. The molecule has 0 saturated carbocycles. The molecular formula is C4H8N4O. The van der Waals surface area contributed by atoms with Crippen LogP contribution in [0.4, 0.5) is 0 Å². The zero-order chi connectivity index (χ0) is 7.28. The second kappa shape index (κ2) is 3.59. The van der Waals surface area contributed by atoms with Gasteiger partial charge in [-0.05, 0) is 0 Å². The molecule has 0 bridgehead atoms. The SMILES string of the molecule is N=CC(C=N)C(N)=NO. The van der Waals surface area contributed by atoms with E-state index in [4.69, 9.17) is 21.8 Å². The van der Waals surface area contributed by atoms with E-state index in [1.165, 1.54) is 0 Å². The van der Waals surface area contributed by atoms with Gasteiger partial charge in [0.25, 0.3) is 0 Å². The van der Waals surface area contributed by atoms with Gasteiger partial charge in [-0.1, -0.05) is 5.16 Å². The van der Waals surface area contributed by atoms with Crippen molar-refractivity contribution in [3.8, 4) is 0 Å². The van der Waals surface area contributed by atoms with Gasteiger partial charge in [-0.3, -0.25) is 0 Å². The van der Waals surface area contributed by atoms with Crippen molar-refractivity contribution in [3.05, 3.63) is 0 Å². The minimum Gasteiger partial charge on any atom is -0.409 e. The summed E-state index contributed by atoms with van der Waals surface area (Å²) in [6.45, 7) is 0. The Balaban J connectivity index is 4.11. The number of amidine groups is 1. The van der Waals surface area contributed by atoms with Gasteiger partial charge in [0.2, 0.25) is 0 Å². The minimum atomic E-state index is -0.671. The van der Waals surface area contributed by atoms with Crippen LogP contribution in [0.2, 0.25) is 0 Å². The largest absolute Gasteiger partial charge is 0.409 e. The van der Waals surface area contributed by atoms with Crippen LogP contribution >= 0.6 is 0 Å². The molecule has 0 rings (SSSR count). The molecule has 5 heteroatoms. The fraction of sp³-hybridized carbons (Fsp3) is 0.250. The zero-order valence-electron chi connectivity index (χ0n) is 4.70. The van der Waals surface area contributed by atoms with Crippen molar-refractivity contribution in [1.82, 2.24) is 0 Å². The van der Waals surface area contributed by atoms with Gasteiger partial charge in [0.15, 0.2) is 5.84 Å². The lowest BCUT2D eigenvalue weighted by Crippen LogP contribution is -2.25. The molecule has 0 saturated heterocycles. The Kier molecular flexibility index (Phi) is 3.04. The number of nitrogens with zero attached hydrogens (tertiary/aromatic N) is 1. The summed E-state index contributed by atoms with van der Waals surface area (Å²) >= 11 is 0. The third-order valence-corrected chi connectivity index (χ3v) is 0.816. The molecule has 0 fully saturated rings. The minimum absolute atomic E-state index is 0.139. The lowest BCUT2D eigenvalue weighted by atomic mass is 10.2. The first kappa shape index (κ1) is 7.61. The highest BCUT2D eigenvalue weighted by Crippen LogP contribution is 1.84. The lowest BCUT2D eigenvalue weighted by Gasteiger charge is -1.98. The molecule has 0 aliphatic carbocycles. The average Bonchev–Trinajstić information content (AvgIpc) is 1.90. The molecule has 0 radical (unpaired) electrons. The van der Waals surface area contributed by atoms with E-state index in [-0.39, 0.29) is 5.84 Å². The van der Waals surface area contributed by atoms with Crippen LogP contribution in [0.25, 0.3) is 0 Å². The van der Waals surface area contributed by atoms with Crippen molar-refractivity contribution in [2.75, 3.05) is 0 Å². The van der Waals surface area contributed by atoms with E-state index in [0.717, 1.165) is 12.4 Å². The highest BCUT2D eigenvalue weighted by atomic mass is 16.4. The van der Waals surface area contributed by atoms with E-state index in [1.54, 1.807) is 0 Å². The van der Waals surface area contributed by atoms with Crippen molar-refractivity contribution in [2.24, 2.45) is 16.8 Å². The molecule has 0 aromatic heterocycles. The maximum Gasteiger partial charge on any atom is 0.153 e. The maximum atomic E-state index is 8.02. The standard InChI is InChI=1S/C4H8N4O/c5-1-3(2-6)4(7)8-9/h1-3,5-6,9H,(H2,7,8). The molecule has 5 N–H and O–H groups in total. The Morgan fingerprint density at radius 1 is 1.56 bits per heavy atom. The normalized spacial score (nSPS) is 14.4. The molecular weight excluding hydrogens is 120 g/mol. The number of hydrogen-bond acceptors (Lipinski definition) is 4. The van der Waals surface area contributed by atoms with Crippen LogP contribution in [-0.2, 0) is 0 Å². The third-order valence-electron chi connectivity index (χ3n) is 0.816. The molecule has 0 aromatic carbocycles. The van der Waals surface area contributed by atoms with Crippen LogP contribution < -0.4 is 5.73 Å². The Hall–Kier alpha value is -1.39. The topological polar surface area (TPSA) is 106 Å². The highest BCUT2D eigenvalue weighted by Gasteiger charge is 2.04. The Morgan fingerprint density at radius 3 is 2.11 bits per heavy atom. The summed E-state index contributed by atoms with van der Waals surface area (Å²) in [5.41, 5.74) is 5.04. The highest BCUT2D eigenvalue weighted by molar-refractivity contribution is 6.07. The first-order valence-corrected chi connectivity index (χ1v) is 2.24. The molecule has 0 unspecified atom stereocenters. The number of nitrogens with one attached hydrogen (secondary N) is 2. The number of nitrogens with two attached hydrogens (primary N) is 1. The second-order valence-corrected chi connectivity index (χ2v) is 1.38. The smallest absolute Gasteiger partial charge is 0.153 e. The van der Waals surface area contributed by atoms with Gasteiger partial charge >= 0.3 is 0 Å². The average molecular weight is 128 g/mol. The van der Waals surface area contributed by atoms with E-state index in [2.05, 4.69) is 5.16 Å². The number of oxime groups is 1. The third kappa shape index (κ3) is 1.89. The number of hydrogen-bond donors (Lipinski definition) is 4.